The van der Waals surface area contributed by atoms with Gasteiger partial charge in [0.15, 0.2) is 5.16 Å². The number of carbonyl (C=O) groups is 1. The topological polar surface area (TPSA) is 46.9 Å². The van der Waals surface area contributed by atoms with Crippen molar-refractivity contribution in [2.45, 2.75) is 5.16 Å². The minimum absolute atomic E-state index is 0.175. The van der Waals surface area contributed by atoms with Crippen LogP contribution in [-0.2, 0) is 0 Å². The van der Waals surface area contributed by atoms with Gasteiger partial charge in [0.2, 0.25) is 0 Å². The molecule has 1 aromatic heterocycles. The van der Waals surface area contributed by atoms with Gasteiger partial charge in [-0.25, -0.2) is 4.98 Å². The normalized spacial score (nSPS) is 10.5. The van der Waals surface area contributed by atoms with E-state index in [1.807, 2.05) is 65.4 Å². The lowest BCUT2D eigenvalue weighted by Gasteiger charge is -2.11. The summed E-state index contributed by atoms with van der Waals surface area (Å²) in [6.07, 6.45) is 3.56. The lowest BCUT2D eigenvalue weighted by atomic mass is 10.3. The number of anilines is 1. The van der Waals surface area contributed by atoms with Crippen molar-refractivity contribution in [3.63, 3.8) is 0 Å². The van der Waals surface area contributed by atoms with Gasteiger partial charge in [-0.05, 0) is 53.1 Å². The fourth-order valence-corrected chi connectivity index (χ4v) is 3.28. The van der Waals surface area contributed by atoms with Gasteiger partial charge in [0, 0.05) is 9.26 Å². The Kier molecular flexibility index (Phi) is 5.02. The second kappa shape index (κ2) is 7.18. The zero-order valence-corrected chi connectivity index (χ0v) is 15.3. The summed E-state index contributed by atoms with van der Waals surface area (Å²) >= 11 is 3.71. The zero-order valence-electron chi connectivity index (χ0n) is 12.4. The number of nitrogens with zero attached hydrogens (tertiary/aromatic N) is 2. The average Bonchev–Trinajstić information content (AvgIpc) is 3.02. The van der Waals surface area contributed by atoms with Crippen molar-refractivity contribution in [1.29, 1.82) is 0 Å². The molecule has 1 amide bonds. The van der Waals surface area contributed by atoms with Gasteiger partial charge < -0.3 is 5.32 Å². The Balaban J connectivity index is 1.99. The first-order valence-corrected chi connectivity index (χ1v) is 9.24. The fraction of sp³-hybridized carbons (Fsp3) is 0.0588. The van der Waals surface area contributed by atoms with Gasteiger partial charge in [-0.2, -0.15) is 0 Å². The molecular formula is C17H14IN3OS. The van der Waals surface area contributed by atoms with Crippen LogP contribution in [-0.4, -0.2) is 21.7 Å². The molecule has 6 heteroatoms. The maximum Gasteiger partial charge on any atom is 0.274 e. The monoisotopic (exact) mass is 435 g/mol. The number of para-hydroxylation sites is 2. The number of benzene rings is 2. The predicted octanol–water partition coefficient (Wildman–Crippen LogP) is 4.45. The molecule has 4 nitrogen and oxygen atoms in total. The highest BCUT2D eigenvalue weighted by Crippen LogP contribution is 2.23. The summed E-state index contributed by atoms with van der Waals surface area (Å²) in [5.41, 5.74) is 2.23. The molecule has 0 bridgehead atoms. The largest absolute Gasteiger partial charge is 0.320 e. The fourth-order valence-electron chi connectivity index (χ4n) is 2.21. The molecule has 0 aliphatic heterocycles. The lowest BCUT2D eigenvalue weighted by molar-refractivity contribution is 0.102. The standard InChI is InChI=1S/C17H14IN3OS/c1-23-17-19-11-15(21(17)12-7-3-2-4-8-12)16(22)20-14-10-6-5-9-13(14)18/h2-11H,1H3,(H,20,22). The van der Waals surface area contributed by atoms with Crippen LogP contribution in [0.4, 0.5) is 5.69 Å². The third-order valence-electron chi connectivity index (χ3n) is 3.28. The molecule has 0 aliphatic carbocycles. The van der Waals surface area contributed by atoms with Crippen molar-refractivity contribution in [2.24, 2.45) is 0 Å². The van der Waals surface area contributed by atoms with Crippen molar-refractivity contribution >= 4 is 45.9 Å². The summed E-state index contributed by atoms with van der Waals surface area (Å²) in [6, 6.07) is 17.5. The van der Waals surface area contributed by atoms with Crippen LogP contribution in [0.5, 0.6) is 0 Å². The summed E-state index contributed by atoms with van der Waals surface area (Å²) < 4.78 is 2.87. The Bertz CT molecular complexity index is 833. The van der Waals surface area contributed by atoms with Gasteiger partial charge in [0.05, 0.1) is 11.9 Å². The summed E-state index contributed by atoms with van der Waals surface area (Å²) in [5.74, 6) is -0.175. The number of hydrogen-bond acceptors (Lipinski definition) is 3. The molecule has 116 valence electrons. The summed E-state index contributed by atoms with van der Waals surface area (Å²) in [7, 11) is 0. The SMILES string of the molecule is CSc1ncc(C(=O)Nc2ccccc2I)n1-c1ccccc1. The van der Waals surface area contributed by atoms with E-state index in [1.165, 1.54) is 11.8 Å². The number of rotatable bonds is 4. The van der Waals surface area contributed by atoms with Crippen molar-refractivity contribution in [2.75, 3.05) is 11.6 Å². The molecule has 0 atom stereocenters. The van der Waals surface area contributed by atoms with Gasteiger partial charge in [0.25, 0.3) is 5.91 Å². The van der Waals surface area contributed by atoms with E-state index >= 15 is 0 Å². The van der Waals surface area contributed by atoms with E-state index < -0.39 is 0 Å². The molecule has 0 saturated carbocycles. The third-order valence-corrected chi connectivity index (χ3v) is 4.87. The number of imidazole rings is 1. The second-order valence-corrected chi connectivity index (χ2v) is 6.67. The van der Waals surface area contributed by atoms with Gasteiger partial charge in [0.1, 0.15) is 5.69 Å². The molecular weight excluding hydrogens is 421 g/mol. The number of amides is 1. The molecule has 0 aliphatic rings. The van der Waals surface area contributed by atoms with Crippen LogP contribution in [0, 0.1) is 3.57 Å². The molecule has 0 radical (unpaired) electrons. The van der Waals surface area contributed by atoms with Gasteiger partial charge in [-0.1, -0.05) is 42.1 Å². The number of thioether (sulfide) groups is 1. The predicted molar refractivity (Wildman–Crippen MR) is 102 cm³/mol. The highest BCUT2D eigenvalue weighted by atomic mass is 127. The number of hydrogen-bond donors (Lipinski definition) is 1. The van der Waals surface area contributed by atoms with Gasteiger partial charge in [-0.15, -0.1) is 0 Å². The minimum atomic E-state index is -0.175. The second-order valence-electron chi connectivity index (χ2n) is 4.74. The van der Waals surface area contributed by atoms with Crippen LogP contribution < -0.4 is 5.32 Å². The van der Waals surface area contributed by atoms with Crippen LogP contribution in [0.2, 0.25) is 0 Å². The van der Waals surface area contributed by atoms with Crippen LogP contribution in [0.15, 0.2) is 66.0 Å². The molecule has 23 heavy (non-hydrogen) atoms. The number of carbonyl (C=O) groups excluding carboxylic acids is 1. The molecule has 2 aromatic carbocycles. The maximum absolute atomic E-state index is 12.7. The minimum Gasteiger partial charge on any atom is -0.320 e. The molecule has 0 saturated heterocycles. The number of nitrogens with one attached hydrogen (secondary N) is 1. The van der Waals surface area contributed by atoms with Crippen LogP contribution in [0.1, 0.15) is 10.5 Å². The Hall–Kier alpha value is -1.80. The van der Waals surface area contributed by atoms with Crippen molar-refractivity contribution in [3.8, 4) is 5.69 Å². The Morgan fingerprint density at radius 2 is 1.83 bits per heavy atom. The quantitative estimate of drug-likeness (QED) is 0.487. The van der Waals surface area contributed by atoms with Crippen molar-refractivity contribution < 1.29 is 4.79 Å². The van der Waals surface area contributed by atoms with E-state index in [9.17, 15) is 4.79 Å². The molecule has 1 heterocycles. The van der Waals surface area contributed by atoms with Crippen molar-refractivity contribution in [1.82, 2.24) is 9.55 Å². The van der Waals surface area contributed by atoms with Crippen LogP contribution >= 0.6 is 34.4 Å². The average molecular weight is 435 g/mol. The lowest BCUT2D eigenvalue weighted by Crippen LogP contribution is -2.17. The highest BCUT2D eigenvalue weighted by Gasteiger charge is 2.18. The smallest absolute Gasteiger partial charge is 0.274 e. The van der Waals surface area contributed by atoms with E-state index in [0.29, 0.717) is 5.69 Å². The third kappa shape index (κ3) is 3.42. The molecule has 0 spiro atoms. The first-order valence-electron chi connectivity index (χ1n) is 6.93. The number of aromatic nitrogens is 2. The first kappa shape index (κ1) is 16.1. The maximum atomic E-state index is 12.7. The Morgan fingerprint density at radius 3 is 2.52 bits per heavy atom. The van der Waals surface area contributed by atoms with Gasteiger partial charge in [-0.3, -0.25) is 9.36 Å². The molecule has 1 N–H and O–H groups in total. The number of halogens is 1. The van der Waals surface area contributed by atoms with E-state index in [2.05, 4.69) is 32.9 Å². The summed E-state index contributed by atoms with van der Waals surface area (Å²) in [6.45, 7) is 0. The summed E-state index contributed by atoms with van der Waals surface area (Å²) in [4.78, 5) is 17.1. The molecule has 3 aromatic rings. The summed E-state index contributed by atoms with van der Waals surface area (Å²) in [5, 5.41) is 3.74. The first-order chi connectivity index (χ1) is 11.2. The Labute approximate surface area is 152 Å². The van der Waals surface area contributed by atoms with Gasteiger partial charge >= 0.3 is 0 Å². The van der Waals surface area contributed by atoms with E-state index in [0.717, 1.165) is 20.1 Å². The molecule has 3 rings (SSSR count). The molecule has 0 unspecified atom stereocenters. The highest BCUT2D eigenvalue weighted by molar-refractivity contribution is 14.1. The zero-order chi connectivity index (χ0) is 16.2. The van der Waals surface area contributed by atoms with Crippen LogP contribution in [0.3, 0.4) is 0 Å². The Morgan fingerprint density at radius 1 is 1.13 bits per heavy atom. The van der Waals surface area contributed by atoms with E-state index in [4.69, 9.17) is 0 Å². The molecule has 0 fully saturated rings. The van der Waals surface area contributed by atoms with Crippen molar-refractivity contribution in [3.05, 3.63) is 70.1 Å². The van der Waals surface area contributed by atoms with Crippen LogP contribution in [0.25, 0.3) is 5.69 Å². The van der Waals surface area contributed by atoms with E-state index in [-0.39, 0.29) is 5.91 Å². The van der Waals surface area contributed by atoms with E-state index in [1.54, 1.807) is 6.20 Å².